The van der Waals surface area contributed by atoms with Crippen LogP contribution in [0.1, 0.15) is 37.7 Å². The summed E-state index contributed by atoms with van der Waals surface area (Å²) in [6.45, 7) is 0.194. The highest BCUT2D eigenvalue weighted by Crippen LogP contribution is 2.26. The summed E-state index contributed by atoms with van der Waals surface area (Å²) in [4.78, 5) is 72.9. The minimum absolute atomic E-state index is 0.000514. The van der Waals surface area contributed by atoms with Crippen molar-refractivity contribution in [2.24, 2.45) is 0 Å². The van der Waals surface area contributed by atoms with Crippen LogP contribution < -0.4 is 4.74 Å². The average Bonchev–Trinajstić information content (AvgIpc) is 2.91. The van der Waals surface area contributed by atoms with Crippen LogP contribution in [0.15, 0.2) is 36.4 Å². The maximum absolute atomic E-state index is 12.4. The van der Waals surface area contributed by atoms with E-state index in [1.165, 1.54) is 6.07 Å². The zero-order valence-corrected chi connectivity index (χ0v) is 21.2. The average molecular weight is 549 g/mol. The van der Waals surface area contributed by atoms with E-state index in [-0.39, 0.29) is 19.0 Å². The molecule has 0 fully saturated rings. The lowest BCUT2D eigenvalue weighted by Gasteiger charge is -2.13. The maximum atomic E-state index is 12.4. The Morgan fingerprint density at radius 3 is 2.23 bits per heavy atom. The zero-order chi connectivity index (χ0) is 28.8. The van der Waals surface area contributed by atoms with E-state index in [1.54, 1.807) is 37.3 Å². The van der Waals surface area contributed by atoms with Gasteiger partial charge in [-0.25, -0.2) is 9.59 Å². The zero-order valence-electron chi connectivity index (χ0n) is 21.2. The summed E-state index contributed by atoms with van der Waals surface area (Å²) < 4.78 is 24.1. The largest absolute Gasteiger partial charge is 0.469 e. The van der Waals surface area contributed by atoms with Gasteiger partial charge in [0.1, 0.15) is 12.2 Å². The van der Waals surface area contributed by atoms with Gasteiger partial charge in [0.2, 0.25) is 0 Å². The fourth-order valence-corrected chi connectivity index (χ4v) is 3.08. The summed E-state index contributed by atoms with van der Waals surface area (Å²) in [6, 6.07) is 9.94. The van der Waals surface area contributed by atoms with Gasteiger partial charge in [-0.2, -0.15) is 0 Å². The second-order valence-electron chi connectivity index (χ2n) is 7.97. The number of unbranched alkanes of at least 4 members (excludes halogenated alkanes) is 1. The summed E-state index contributed by atoms with van der Waals surface area (Å²) in [5, 5.41) is 10.6. The third kappa shape index (κ3) is 11.0. The van der Waals surface area contributed by atoms with E-state index in [2.05, 4.69) is 14.3 Å². The van der Waals surface area contributed by atoms with Crippen molar-refractivity contribution in [3.8, 4) is 5.75 Å². The molecule has 14 heteroatoms. The number of benzene rings is 2. The first-order valence-electron chi connectivity index (χ1n) is 11.7. The lowest BCUT2D eigenvalue weighted by Crippen LogP contribution is -2.20. The topological polar surface area (TPSA) is 184 Å². The molecule has 2 rings (SSSR count). The summed E-state index contributed by atoms with van der Waals surface area (Å²) in [7, 11) is 1.11. The van der Waals surface area contributed by atoms with Crippen molar-refractivity contribution < 1.29 is 57.6 Å². The Morgan fingerprint density at radius 2 is 1.51 bits per heavy atom. The number of carbonyl (C=O) groups excluding carboxylic acids is 5. The van der Waals surface area contributed by atoms with Crippen molar-refractivity contribution in [3.05, 3.63) is 52.1 Å². The monoisotopic (exact) mass is 549 g/mol. The summed E-state index contributed by atoms with van der Waals surface area (Å²) in [5.41, 5.74) is 0.576. The molecule has 0 aliphatic heterocycles. The molecule has 0 N–H and O–H groups in total. The van der Waals surface area contributed by atoms with Crippen molar-refractivity contribution in [1.82, 2.24) is 0 Å². The predicted molar refractivity (Wildman–Crippen MR) is 130 cm³/mol. The molecule has 39 heavy (non-hydrogen) atoms. The van der Waals surface area contributed by atoms with Crippen LogP contribution in [0.25, 0.3) is 10.8 Å². The van der Waals surface area contributed by atoms with Gasteiger partial charge in [-0.3, -0.25) is 14.4 Å². The summed E-state index contributed by atoms with van der Waals surface area (Å²) in [6.07, 6.45) is 0.0330. The number of esters is 5. The van der Waals surface area contributed by atoms with Crippen molar-refractivity contribution in [3.63, 3.8) is 0 Å². The number of hydrogen-bond donors (Lipinski definition) is 0. The van der Waals surface area contributed by atoms with Crippen LogP contribution in [0.3, 0.4) is 0 Å². The Hall–Kier alpha value is -4.75. The standard InChI is InChI=1S/C25H27NO13/c1-16(25(31)37-14-23(29)35-9-3-4-10-38-26(32)33)18-6-5-17-7-8-20(12-19(17)11-18)39-24(30)15-36-22(28)13-21(27)34-2/h5-8,11-12,16H,3-4,9-10,13-15H2,1-2H3. The van der Waals surface area contributed by atoms with E-state index in [0.29, 0.717) is 23.8 Å². The molecule has 0 heterocycles. The Morgan fingerprint density at radius 1 is 0.821 bits per heavy atom. The number of carbonyl (C=O) groups is 5. The quantitative estimate of drug-likeness (QED) is 0.0598. The second kappa shape index (κ2) is 15.5. The predicted octanol–water partition coefficient (Wildman–Crippen LogP) is 2.03. The van der Waals surface area contributed by atoms with E-state index >= 15 is 0 Å². The highest BCUT2D eigenvalue weighted by atomic mass is 16.9. The molecule has 0 aromatic heterocycles. The molecule has 2 aromatic rings. The number of hydrogen-bond acceptors (Lipinski definition) is 13. The molecule has 1 unspecified atom stereocenters. The SMILES string of the molecule is COC(=O)CC(=O)OCC(=O)Oc1ccc2ccc(C(C)C(=O)OCC(=O)OCCCCO[N+](=O)[O-])cc2c1. The molecule has 0 saturated carbocycles. The lowest BCUT2D eigenvalue weighted by atomic mass is 9.98. The van der Waals surface area contributed by atoms with Crippen LogP contribution in [0.2, 0.25) is 0 Å². The molecule has 0 radical (unpaired) electrons. The van der Waals surface area contributed by atoms with Gasteiger partial charge < -0.3 is 28.5 Å². The van der Waals surface area contributed by atoms with Gasteiger partial charge in [-0.15, -0.1) is 10.1 Å². The maximum Gasteiger partial charge on any atom is 0.349 e. The third-order valence-electron chi connectivity index (χ3n) is 5.12. The van der Waals surface area contributed by atoms with Crippen molar-refractivity contribution >= 4 is 40.6 Å². The van der Waals surface area contributed by atoms with Gasteiger partial charge in [-0.05, 0) is 48.2 Å². The van der Waals surface area contributed by atoms with Crippen molar-refractivity contribution in [2.45, 2.75) is 32.1 Å². The molecular weight excluding hydrogens is 522 g/mol. The molecule has 0 spiro atoms. The first-order chi connectivity index (χ1) is 18.6. The fraction of sp³-hybridized carbons (Fsp3) is 0.400. The molecule has 14 nitrogen and oxygen atoms in total. The molecular formula is C25H27NO13. The van der Waals surface area contributed by atoms with Crippen LogP contribution in [0.5, 0.6) is 5.75 Å². The van der Waals surface area contributed by atoms with Gasteiger partial charge in [0.05, 0.1) is 26.2 Å². The lowest BCUT2D eigenvalue weighted by molar-refractivity contribution is -0.757. The van der Waals surface area contributed by atoms with Gasteiger partial charge in [0.15, 0.2) is 13.2 Å². The van der Waals surface area contributed by atoms with Gasteiger partial charge >= 0.3 is 29.8 Å². The van der Waals surface area contributed by atoms with Crippen LogP contribution >= 0.6 is 0 Å². The molecule has 210 valence electrons. The minimum atomic E-state index is -0.934. The molecule has 1 atom stereocenters. The van der Waals surface area contributed by atoms with E-state index in [4.69, 9.17) is 14.2 Å². The minimum Gasteiger partial charge on any atom is -0.469 e. The fourth-order valence-electron chi connectivity index (χ4n) is 3.08. The molecule has 0 amide bonds. The van der Waals surface area contributed by atoms with Crippen LogP contribution in [-0.2, 0) is 47.8 Å². The van der Waals surface area contributed by atoms with Crippen LogP contribution in [-0.4, -0.2) is 68.5 Å². The molecule has 0 bridgehead atoms. The highest BCUT2D eigenvalue weighted by Gasteiger charge is 2.19. The normalized spacial score (nSPS) is 11.1. The smallest absolute Gasteiger partial charge is 0.349 e. The third-order valence-corrected chi connectivity index (χ3v) is 5.12. The van der Waals surface area contributed by atoms with E-state index in [1.807, 2.05) is 0 Å². The first-order valence-corrected chi connectivity index (χ1v) is 11.7. The number of fused-ring (bicyclic) bond motifs is 1. The highest BCUT2D eigenvalue weighted by molar-refractivity contribution is 5.92. The Bertz CT molecular complexity index is 1210. The number of nitrogens with zero attached hydrogens (tertiary/aromatic N) is 1. The number of rotatable bonds is 15. The van der Waals surface area contributed by atoms with Crippen LogP contribution in [0.4, 0.5) is 0 Å². The summed E-state index contributed by atoms with van der Waals surface area (Å²) in [5.74, 6) is -4.59. The molecule has 0 aliphatic carbocycles. The molecule has 0 saturated heterocycles. The van der Waals surface area contributed by atoms with Gasteiger partial charge in [-0.1, -0.05) is 24.3 Å². The number of methoxy groups -OCH3 is 1. The molecule has 2 aromatic carbocycles. The van der Waals surface area contributed by atoms with Crippen molar-refractivity contribution in [1.29, 1.82) is 0 Å². The van der Waals surface area contributed by atoms with Gasteiger partial charge in [0, 0.05) is 0 Å². The Kier molecular flexibility index (Phi) is 12.1. The van der Waals surface area contributed by atoms with E-state index in [0.717, 1.165) is 12.5 Å². The van der Waals surface area contributed by atoms with E-state index < -0.39 is 60.5 Å². The molecule has 0 aliphatic rings. The van der Waals surface area contributed by atoms with Crippen LogP contribution in [0, 0.1) is 10.1 Å². The van der Waals surface area contributed by atoms with Crippen molar-refractivity contribution in [2.75, 3.05) is 33.5 Å². The summed E-state index contributed by atoms with van der Waals surface area (Å²) >= 11 is 0. The second-order valence-corrected chi connectivity index (χ2v) is 7.97. The first kappa shape index (κ1) is 30.5. The Labute approximate surface area is 222 Å². The van der Waals surface area contributed by atoms with Gasteiger partial charge in [0.25, 0.3) is 5.09 Å². The Balaban J connectivity index is 1.86. The van der Waals surface area contributed by atoms with E-state index in [9.17, 15) is 34.1 Å². The number of ether oxygens (including phenoxy) is 5.